The summed E-state index contributed by atoms with van der Waals surface area (Å²) in [5, 5.41) is 0. The molecule has 0 bridgehead atoms. The third-order valence-corrected chi connectivity index (χ3v) is 2.30. The van der Waals surface area contributed by atoms with Crippen molar-refractivity contribution in [3.05, 3.63) is 54.0 Å². The number of halogens is 1. The van der Waals surface area contributed by atoms with Gasteiger partial charge in [0.15, 0.2) is 0 Å². The van der Waals surface area contributed by atoms with Gasteiger partial charge in [-0.3, -0.25) is 16.3 Å². The van der Waals surface area contributed by atoms with Crippen LogP contribution in [0.3, 0.4) is 0 Å². The molecule has 2 heterocycles. The average Bonchev–Trinajstić information content (AvgIpc) is 2.80. The summed E-state index contributed by atoms with van der Waals surface area (Å²) in [5.74, 6) is 5.74. The lowest BCUT2D eigenvalue weighted by Crippen LogP contribution is -2.30. The largest absolute Gasteiger partial charge is 0.469 e. The predicted molar refractivity (Wildman–Crippen MR) is 56.7 cm³/mol. The van der Waals surface area contributed by atoms with Crippen molar-refractivity contribution in [1.29, 1.82) is 0 Å². The first kappa shape index (κ1) is 10.8. The molecule has 16 heavy (non-hydrogen) atoms. The SMILES string of the molecule is NNC(Cc1ccco1)c1ncccc1F. The number of rotatable bonds is 4. The highest BCUT2D eigenvalue weighted by Gasteiger charge is 2.17. The molecule has 0 saturated heterocycles. The summed E-state index contributed by atoms with van der Waals surface area (Å²) < 4.78 is 18.6. The molecule has 1 unspecified atom stereocenters. The van der Waals surface area contributed by atoms with Crippen LogP contribution < -0.4 is 11.3 Å². The van der Waals surface area contributed by atoms with Gasteiger partial charge in [-0.15, -0.1) is 0 Å². The lowest BCUT2D eigenvalue weighted by atomic mass is 10.1. The van der Waals surface area contributed by atoms with Crippen LogP contribution in [0.15, 0.2) is 41.1 Å². The summed E-state index contributed by atoms with van der Waals surface area (Å²) in [6, 6.07) is 6.09. The van der Waals surface area contributed by atoms with Crippen LogP contribution in [-0.2, 0) is 6.42 Å². The number of hydrazine groups is 1. The number of nitrogens with two attached hydrogens (primary N) is 1. The Morgan fingerprint density at radius 3 is 2.94 bits per heavy atom. The first-order valence-electron chi connectivity index (χ1n) is 4.90. The number of furan rings is 1. The maximum Gasteiger partial charge on any atom is 0.146 e. The maximum absolute atomic E-state index is 13.5. The second kappa shape index (κ2) is 4.87. The van der Waals surface area contributed by atoms with E-state index in [4.69, 9.17) is 10.3 Å². The van der Waals surface area contributed by atoms with E-state index in [1.165, 1.54) is 12.3 Å². The van der Waals surface area contributed by atoms with E-state index in [0.29, 0.717) is 12.1 Å². The van der Waals surface area contributed by atoms with Gasteiger partial charge in [-0.2, -0.15) is 0 Å². The standard InChI is InChI=1S/C11H12FN3O/c12-9-4-1-5-14-11(9)10(15-13)7-8-3-2-6-16-8/h1-6,10,15H,7,13H2. The van der Waals surface area contributed by atoms with Gasteiger partial charge < -0.3 is 4.42 Å². The topological polar surface area (TPSA) is 64.1 Å². The number of nitrogens with one attached hydrogen (secondary N) is 1. The number of hydrogen-bond acceptors (Lipinski definition) is 4. The molecule has 0 fully saturated rings. The van der Waals surface area contributed by atoms with Gasteiger partial charge in [0.2, 0.25) is 0 Å². The van der Waals surface area contributed by atoms with Gasteiger partial charge >= 0.3 is 0 Å². The Morgan fingerprint density at radius 1 is 1.44 bits per heavy atom. The fourth-order valence-corrected chi connectivity index (χ4v) is 1.52. The fourth-order valence-electron chi connectivity index (χ4n) is 1.52. The van der Waals surface area contributed by atoms with Gasteiger partial charge in [0.05, 0.1) is 18.0 Å². The summed E-state index contributed by atoms with van der Waals surface area (Å²) >= 11 is 0. The predicted octanol–water partition coefficient (Wildman–Crippen LogP) is 1.56. The van der Waals surface area contributed by atoms with E-state index < -0.39 is 6.04 Å². The molecule has 0 spiro atoms. The summed E-state index contributed by atoms with van der Waals surface area (Å²) in [5.41, 5.74) is 2.83. The lowest BCUT2D eigenvalue weighted by molar-refractivity contribution is 0.436. The Hall–Kier alpha value is -1.72. The number of pyridine rings is 1. The van der Waals surface area contributed by atoms with Gasteiger partial charge in [-0.05, 0) is 24.3 Å². The first-order valence-corrected chi connectivity index (χ1v) is 4.90. The maximum atomic E-state index is 13.5. The molecule has 2 rings (SSSR count). The highest BCUT2D eigenvalue weighted by atomic mass is 19.1. The van der Waals surface area contributed by atoms with E-state index in [9.17, 15) is 4.39 Å². The van der Waals surface area contributed by atoms with E-state index in [1.807, 2.05) is 6.07 Å². The van der Waals surface area contributed by atoms with Crippen molar-refractivity contribution >= 4 is 0 Å². The molecule has 1 atom stereocenters. The van der Waals surface area contributed by atoms with Crippen molar-refractivity contribution in [3.63, 3.8) is 0 Å². The fraction of sp³-hybridized carbons (Fsp3) is 0.182. The Bertz CT molecular complexity index is 444. The Labute approximate surface area is 92.3 Å². The lowest BCUT2D eigenvalue weighted by Gasteiger charge is -2.14. The number of aromatic nitrogens is 1. The molecule has 3 N–H and O–H groups in total. The van der Waals surface area contributed by atoms with Crippen LogP contribution in [0.1, 0.15) is 17.5 Å². The van der Waals surface area contributed by atoms with Crippen LogP contribution in [0, 0.1) is 5.82 Å². The summed E-state index contributed by atoms with van der Waals surface area (Å²) in [7, 11) is 0. The Balaban J connectivity index is 2.20. The van der Waals surface area contributed by atoms with Crippen molar-refractivity contribution in [3.8, 4) is 0 Å². The van der Waals surface area contributed by atoms with Crippen LogP contribution in [-0.4, -0.2) is 4.98 Å². The monoisotopic (exact) mass is 221 g/mol. The molecule has 0 saturated carbocycles. The number of hydrogen-bond donors (Lipinski definition) is 2. The van der Waals surface area contributed by atoms with Crippen molar-refractivity contribution in [2.45, 2.75) is 12.5 Å². The van der Waals surface area contributed by atoms with E-state index in [0.717, 1.165) is 5.76 Å². The molecular weight excluding hydrogens is 209 g/mol. The van der Waals surface area contributed by atoms with E-state index in [1.54, 1.807) is 18.4 Å². The summed E-state index contributed by atoms with van der Waals surface area (Å²) in [4.78, 5) is 3.97. The molecule has 0 radical (unpaired) electrons. The van der Waals surface area contributed by atoms with Crippen molar-refractivity contribution in [1.82, 2.24) is 10.4 Å². The van der Waals surface area contributed by atoms with Gasteiger partial charge in [0, 0.05) is 12.6 Å². The van der Waals surface area contributed by atoms with Crippen molar-refractivity contribution in [2.24, 2.45) is 5.84 Å². The molecule has 0 aromatic carbocycles. The van der Waals surface area contributed by atoms with Crippen LogP contribution in [0.5, 0.6) is 0 Å². The van der Waals surface area contributed by atoms with Gasteiger partial charge in [-0.25, -0.2) is 4.39 Å². The van der Waals surface area contributed by atoms with E-state index >= 15 is 0 Å². The minimum absolute atomic E-state index is 0.293. The van der Waals surface area contributed by atoms with Crippen molar-refractivity contribution in [2.75, 3.05) is 0 Å². The second-order valence-corrected chi connectivity index (χ2v) is 3.37. The number of nitrogens with zero attached hydrogens (tertiary/aromatic N) is 1. The minimum Gasteiger partial charge on any atom is -0.469 e. The zero-order valence-electron chi connectivity index (χ0n) is 8.56. The molecule has 0 amide bonds. The molecule has 2 aromatic rings. The third kappa shape index (κ3) is 2.26. The molecule has 4 nitrogen and oxygen atoms in total. The van der Waals surface area contributed by atoms with Gasteiger partial charge in [0.25, 0.3) is 0 Å². The molecule has 84 valence electrons. The smallest absolute Gasteiger partial charge is 0.146 e. The summed E-state index contributed by atoms with van der Waals surface area (Å²) in [6.07, 6.45) is 3.56. The Morgan fingerprint density at radius 2 is 2.31 bits per heavy atom. The van der Waals surface area contributed by atoms with Gasteiger partial charge in [0.1, 0.15) is 11.6 Å². The van der Waals surface area contributed by atoms with E-state index in [-0.39, 0.29) is 5.82 Å². The molecule has 0 aliphatic heterocycles. The van der Waals surface area contributed by atoms with Crippen LogP contribution in [0.2, 0.25) is 0 Å². The van der Waals surface area contributed by atoms with Gasteiger partial charge in [-0.1, -0.05) is 0 Å². The minimum atomic E-state index is -0.396. The zero-order valence-corrected chi connectivity index (χ0v) is 8.56. The quantitative estimate of drug-likeness (QED) is 0.607. The van der Waals surface area contributed by atoms with Crippen LogP contribution >= 0.6 is 0 Å². The third-order valence-electron chi connectivity index (χ3n) is 2.30. The molecule has 0 aliphatic carbocycles. The van der Waals surface area contributed by atoms with E-state index in [2.05, 4.69) is 10.4 Å². The highest BCUT2D eigenvalue weighted by Crippen LogP contribution is 2.18. The first-order chi connectivity index (χ1) is 7.81. The zero-order chi connectivity index (χ0) is 11.4. The second-order valence-electron chi connectivity index (χ2n) is 3.37. The molecule has 5 heteroatoms. The van der Waals surface area contributed by atoms with Crippen LogP contribution in [0.4, 0.5) is 4.39 Å². The highest BCUT2D eigenvalue weighted by molar-refractivity contribution is 5.14. The normalized spacial score (nSPS) is 12.6. The molecule has 0 aliphatic rings. The van der Waals surface area contributed by atoms with Crippen LogP contribution in [0.25, 0.3) is 0 Å². The Kier molecular flexibility index (Phi) is 3.28. The van der Waals surface area contributed by atoms with Crippen molar-refractivity contribution < 1.29 is 8.81 Å². The summed E-state index contributed by atoms with van der Waals surface area (Å²) in [6.45, 7) is 0. The molecular formula is C11H12FN3O. The average molecular weight is 221 g/mol. The molecule has 2 aromatic heterocycles.